The Labute approximate surface area is 139 Å². The molecule has 0 bridgehead atoms. The average molecular weight is 249 g/mol. The van der Waals surface area contributed by atoms with Crippen LogP contribution in [0.25, 0.3) is 0 Å². The Morgan fingerprint density at radius 3 is 1.81 bits per heavy atom. The molecule has 1 aliphatic rings. The first-order valence-electron chi connectivity index (χ1n) is 4.67. The number of rotatable bonds is 3. The number of nitrogens with one attached hydrogen (secondary N) is 1. The van der Waals surface area contributed by atoms with Crippen LogP contribution in [-0.4, -0.2) is 94.4 Å². The molecule has 3 N–H and O–H groups in total. The third-order valence-electron chi connectivity index (χ3n) is 3.04. The Morgan fingerprint density at radius 2 is 1.50 bits per heavy atom. The molecule has 7 heteroatoms. The van der Waals surface area contributed by atoms with Crippen LogP contribution in [0.1, 0.15) is 19.8 Å². The summed E-state index contributed by atoms with van der Waals surface area (Å²) < 4.78 is 0. The molecule has 1 aliphatic heterocycles. The maximum absolute atomic E-state index is 11.0. The molecule has 0 amide bonds. The normalized spacial score (nSPS) is 16.8. The minimum absolute atomic E-state index is 0. The van der Waals surface area contributed by atoms with Crippen LogP contribution in [0.5, 0.6) is 0 Å². The topological polar surface area (TPSA) is 86.6 Å². The molecule has 16 heavy (non-hydrogen) atoms. The summed E-state index contributed by atoms with van der Waals surface area (Å²) in [7, 11) is 0. The van der Waals surface area contributed by atoms with E-state index in [1.165, 1.54) is 6.92 Å². The first kappa shape index (κ1) is 19.2. The Balaban J connectivity index is 0. The molecular formula is C9H17NNa2O4. The Morgan fingerprint density at radius 1 is 1.12 bits per heavy atom. The summed E-state index contributed by atoms with van der Waals surface area (Å²) in [5, 5.41) is 21.0. The molecule has 0 aromatic carbocycles. The zero-order valence-electron chi connectivity index (χ0n) is 8.12. The predicted octanol–water partition coefficient (Wildman–Crippen LogP) is -1.14. The van der Waals surface area contributed by atoms with Gasteiger partial charge in [0, 0.05) is 0 Å². The van der Waals surface area contributed by atoms with E-state index in [2.05, 4.69) is 5.32 Å². The monoisotopic (exact) mass is 249 g/mol. The molecule has 0 aromatic rings. The van der Waals surface area contributed by atoms with Crippen molar-refractivity contribution in [2.75, 3.05) is 13.1 Å². The van der Waals surface area contributed by atoms with Gasteiger partial charge in [0.05, 0.1) is 0 Å². The molecule has 1 rings (SSSR count). The number of aliphatic carboxylic acids is 2. The van der Waals surface area contributed by atoms with Crippen LogP contribution in [0.3, 0.4) is 0 Å². The van der Waals surface area contributed by atoms with E-state index in [1.807, 2.05) is 0 Å². The van der Waals surface area contributed by atoms with E-state index in [0.717, 1.165) is 0 Å². The summed E-state index contributed by atoms with van der Waals surface area (Å²) in [6, 6.07) is 0. The van der Waals surface area contributed by atoms with Crippen molar-refractivity contribution >= 4 is 71.1 Å². The fourth-order valence-electron chi connectivity index (χ4n) is 1.84. The molecule has 0 spiro atoms. The van der Waals surface area contributed by atoms with Gasteiger partial charge in [-0.1, -0.05) is 0 Å². The second kappa shape index (κ2) is 8.08. The second-order valence-electron chi connectivity index (χ2n) is 3.84. The van der Waals surface area contributed by atoms with Crippen LogP contribution in [-0.2, 0) is 9.59 Å². The van der Waals surface area contributed by atoms with Gasteiger partial charge in [-0.2, -0.15) is 0 Å². The van der Waals surface area contributed by atoms with E-state index in [0.29, 0.717) is 25.9 Å². The Hall–Kier alpha value is 0.900. The van der Waals surface area contributed by atoms with Gasteiger partial charge in [0.15, 0.2) is 5.41 Å². The fourth-order valence-corrected chi connectivity index (χ4v) is 1.84. The van der Waals surface area contributed by atoms with Crippen molar-refractivity contribution in [1.29, 1.82) is 0 Å². The number of carbonyl (C=O) groups is 2. The number of hydrogen-bond acceptors (Lipinski definition) is 3. The van der Waals surface area contributed by atoms with Crippen LogP contribution in [0, 0.1) is 11.3 Å². The standard InChI is InChI=1S/C9H15NO4.2Na.2H/c1-9(7(11)12,8(13)14)6-2-4-10-5-3-6;;;;/h6,10H,2-5H2,1H3,(H,11,12)(H,13,14);;;;. The van der Waals surface area contributed by atoms with Gasteiger partial charge in [-0.3, -0.25) is 9.59 Å². The fraction of sp³-hybridized carbons (Fsp3) is 0.778. The predicted molar refractivity (Wildman–Crippen MR) is 63.3 cm³/mol. The third-order valence-corrected chi connectivity index (χ3v) is 3.04. The number of piperidine rings is 1. The SMILES string of the molecule is CC(C(=O)O)(C(=O)O)C1CCNCC1.[NaH].[NaH]. The molecule has 0 radical (unpaired) electrons. The van der Waals surface area contributed by atoms with Crippen molar-refractivity contribution in [2.24, 2.45) is 11.3 Å². The van der Waals surface area contributed by atoms with E-state index >= 15 is 0 Å². The van der Waals surface area contributed by atoms with E-state index in [4.69, 9.17) is 10.2 Å². The Kier molecular flexibility index (Phi) is 9.72. The van der Waals surface area contributed by atoms with Gasteiger partial charge in [-0.05, 0) is 38.8 Å². The van der Waals surface area contributed by atoms with Crippen LogP contribution < -0.4 is 5.32 Å². The molecule has 0 aliphatic carbocycles. The summed E-state index contributed by atoms with van der Waals surface area (Å²) in [6.45, 7) is 2.69. The number of carboxylic acid groups (broad SMARTS) is 2. The van der Waals surface area contributed by atoms with Crippen LogP contribution in [0.4, 0.5) is 0 Å². The van der Waals surface area contributed by atoms with Crippen molar-refractivity contribution < 1.29 is 19.8 Å². The van der Waals surface area contributed by atoms with E-state index in [9.17, 15) is 9.59 Å². The Bertz CT molecular complexity index is 240. The van der Waals surface area contributed by atoms with Crippen LogP contribution >= 0.6 is 0 Å². The molecule has 1 fully saturated rings. The maximum atomic E-state index is 11.0. The summed E-state index contributed by atoms with van der Waals surface area (Å²) >= 11 is 0. The summed E-state index contributed by atoms with van der Waals surface area (Å²) in [5.74, 6) is -2.76. The van der Waals surface area contributed by atoms with Gasteiger partial charge in [0.2, 0.25) is 0 Å². The van der Waals surface area contributed by atoms with Gasteiger partial charge in [-0.25, -0.2) is 0 Å². The molecule has 1 heterocycles. The van der Waals surface area contributed by atoms with Crippen LogP contribution in [0.2, 0.25) is 0 Å². The van der Waals surface area contributed by atoms with Crippen molar-refractivity contribution in [3.63, 3.8) is 0 Å². The molecule has 0 saturated carbocycles. The van der Waals surface area contributed by atoms with E-state index < -0.39 is 17.4 Å². The second-order valence-corrected chi connectivity index (χ2v) is 3.84. The van der Waals surface area contributed by atoms with Gasteiger partial charge in [-0.15, -0.1) is 0 Å². The summed E-state index contributed by atoms with van der Waals surface area (Å²) in [5.41, 5.74) is -1.64. The van der Waals surface area contributed by atoms with E-state index in [1.54, 1.807) is 0 Å². The molecule has 1 saturated heterocycles. The van der Waals surface area contributed by atoms with Crippen molar-refractivity contribution in [1.82, 2.24) is 5.32 Å². The van der Waals surface area contributed by atoms with E-state index in [-0.39, 0.29) is 65.0 Å². The quantitative estimate of drug-likeness (QED) is 0.435. The van der Waals surface area contributed by atoms with Gasteiger partial charge in [0.1, 0.15) is 0 Å². The molecule has 5 nitrogen and oxygen atoms in total. The molecule has 84 valence electrons. The third kappa shape index (κ3) is 3.98. The number of hydrogen-bond donors (Lipinski definition) is 3. The first-order chi connectivity index (χ1) is 6.49. The van der Waals surface area contributed by atoms with Crippen LogP contribution in [0.15, 0.2) is 0 Å². The summed E-state index contributed by atoms with van der Waals surface area (Å²) in [4.78, 5) is 21.9. The average Bonchev–Trinajstić information content (AvgIpc) is 2.17. The van der Waals surface area contributed by atoms with Gasteiger partial charge < -0.3 is 15.5 Å². The van der Waals surface area contributed by atoms with Gasteiger partial charge >= 0.3 is 71.1 Å². The van der Waals surface area contributed by atoms with Crippen molar-refractivity contribution in [3.05, 3.63) is 0 Å². The molecule has 0 unspecified atom stereocenters. The first-order valence-corrected chi connectivity index (χ1v) is 4.67. The minimum atomic E-state index is -1.64. The van der Waals surface area contributed by atoms with Crippen molar-refractivity contribution in [2.45, 2.75) is 19.8 Å². The number of carboxylic acids is 2. The molecule has 0 aromatic heterocycles. The zero-order chi connectivity index (χ0) is 10.8. The van der Waals surface area contributed by atoms with Crippen molar-refractivity contribution in [3.8, 4) is 0 Å². The molecule has 0 atom stereocenters. The van der Waals surface area contributed by atoms with Gasteiger partial charge in [0.25, 0.3) is 0 Å². The zero-order valence-corrected chi connectivity index (χ0v) is 8.12. The molecular weight excluding hydrogens is 232 g/mol. The summed E-state index contributed by atoms with van der Waals surface area (Å²) in [6.07, 6.45) is 1.21.